The number of carbonyl (C=O) groups is 1. The first-order chi connectivity index (χ1) is 9.84. The van der Waals surface area contributed by atoms with Crippen LogP contribution in [0.4, 0.5) is 23.2 Å². The molecule has 0 aliphatic carbocycles. The molecule has 2 aromatic rings. The molecule has 0 atom stereocenters. The quantitative estimate of drug-likeness (QED) is 0.740. The van der Waals surface area contributed by atoms with Crippen molar-refractivity contribution in [2.24, 2.45) is 0 Å². The van der Waals surface area contributed by atoms with E-state index in [-0.39, 0.29) is 22.7 Å². The van der Waals surface area contributed by atoms with Gasteiger partial charge in [-0.2, -0.15) is 13.2 Å². The maximum atomic E-state index is 13.1. The Balaban J connectivity index is 2.10. The molecule has 3 rings (SSSR count). The third kappa shape index (κ3) is 2.42. The lowest BCUT2D eigenvalue weighted by atomic mass is 10.1. The number of alkyl halides is 3. The van der Waals surface area contributed by atoms with Gasteiger partial charge in [-0.05, 0) is 30.3 Å². The van der Waals surface area contributed by atoms with Crippen molar-refractivity contribution in [1.82, 2.24) is 0 Å². The van der Waals surface area contributed by atoms with E-state index in [1.54, 1.807) is 0 Å². The number of carbonyl (C=O) groups excluding carboxylic acids is 1. The summed E-state index contributed by atoms with van der Waals surface area (Å²) < 4.78 is 56.6. The SMILES string of the molecule is O=C1Nc2cc(F)ccc2Oc2ccc(C(F)(F)F)cc21. The van der Waals surface area contributed by atoms with Crippen LogP contribution in [0.3, 0.4) is 0 Å². The topological polar surface area (TPSA) is 38.3 Å². The predicted octanol–water partition coefficient (Wildman–Crippen LogP) is 4.20. The maximum Gasteiger partial charge on any atom is 0.416 e. The van der Waals surface area contributed by atoms with E-state index in [2.05, 4.69) is 5.32 Å². The Labute approximate surface area is 116 Å². The normalized spacial score (nSPS) is 13.6. The van der Waals surface area contributed by atoms with Crippen molar-refractivity contribution < 1.29 is 27.1 Å². The monoisotopic (exact) mass is 297 g/mol. The molecule has 0 saturated heterocycles. The second-order valence-corrected chi connectivity index (χ2v) is 4.41. The molecular formula is C14H7F4NO2. The van der Waals surface area contributed by atoms with Gasteiger partial charge in [-0.3, -0.25) is 4.79 Å². The molecule has 0 radical (unpaired) electrons. The number of halogens is 4. The van der Waals surface area contributed by atoms with E-state index in [0.29, 0.717) is 6.07 Å². The first kappa shape index (κ1) is 13.4. The summed E-state index contributed by atoms with van der Waals surface area (Å²) >= 11 is 0. The van der Waals surface area contributed by atoms with E-state index in [4.69, 9.17) is 4.74 Å². The molecule has 1 aliphatic heterocycles. The van der Waals surface area contributed by atoms with Gasteiger partial charge in [0.1, 0.15) is 11.6 Å². The van der Waals surface area contributed by atoms with Gasteiger partial charge in [-0.25, -0.2) is 4.39 Å². The Bertz CT molecular complexity index is 740. The van der Waals surface area contributed by atoms with E-state index in [0.717, 1.165) is 24.3 Å². The Morgan fingerprint density at radius 3 is 2.43 bits per heavy atom. The standard InChI is InChI=1S/C14H7F4NO2/c15-8-2-4-12-10(6-8)19-13(20)9-5-7(14(16,17)18)1-3-11(9)21-12/h1-6H,(H,19,20). The van der Waals surface area contributed by atoms with E-state index in [1.165, 1.54) is 6.07 Å². The molecule has 0 saturated carbocycles. The molecule has 21 heavy (non-hydrogen) atoms. The van der Waals surface area contributed by atoms with Gasteiger partial charge in [0, 0.05) is 6.07 Å². The molecule has 108 valence electrons. The Kier molecular flexibility index (Phi) is 2.86. The van der Waals surface area contributed by atoms with Gasteiger partial charge in [-0.1, -0.05) is 0 Å². The summed E-state index contributed by atoms with van der Waals surface area (Å²) in [6, 6.07) is 6.03. The van der Waals surface area contributed by atoms with Gasteiger partial charge in [-0.15, -0.1) is 0 Å². The van der Waals surface area contributed by atoms with Crippen LogP contribution in [0.2, 0.25) is 0 Å². The number of nitrogens with one attached hydrogen (secondary N) is 1. The second-order valence-electron chi connectivity index (χ2n) is 4.41. The number of ether oxygens (including phenoxy) is 1. The van der Waals surface area contributed by atoms with Gasteiger partial charge in [0.2, 0.25) is 0 Å². The molecule has 3 nitrogen and oxygen atoms in total. The third-order valence-corrected chi connectivity index (χ3v) is 2.96. The van der Waals surface area contributed by atoms with Crippen molar-refractivity contribution >= 4 is 11.6 Å². The molecule has 1 N–H and O–H groups in total. The van der Waals surface area contributed by atoms with Crippen LogP contribution >= 0.6 is 0 Å². The zero-order valence-electron chi connectivity index (χ0n) is 10.3. The predicted molar refractivity (Wildman–Crippen MR) is 65.9 cm³/mol. The molecular weight excluding hydrogens is 290 g/mol. The lowest BCUT2D eigenvalue weighted by molar-refractivity contribution is -0.137. The lowest BCUT2D eigenvalue weighted by Gasteiger charge is -2.10. The molecule has 1 amide bonds. The summed E-state index contributed by atoms with van der Waals surface area (Å²) in [5.41, 5.74) is -1.16. The highest BCUT2D eigenvalue weighted by Crippen LogP contribution is 2.38. The number of amides is 1. The number of hydrogen-bond acceptors (Lipinski definition) is 2. The smallest absolute Gasteiger partial charge is 0.416 e. The van der Waals surface area contributed by atoms with Gasteiger partial charge in [0.05, 0.1) is 16.8 Å². The molecule has 0 fully saturated rings. The summed E-state index contributed by atoms with van der Waals surface area (Å²) in [7, 11) is 0. The molecule has 0 spiro atoms. The average Bonchev–Trinajstić information content (AvgIpc) is 2.53. The molecule has 0 unspecified atom stereocenters. The Morgan fingerprint density at radius 2 is 1.71 bits per heavy atom. The minimum Gasteiger partial charge on any atom is -0.454 e. The fraction of sp³-hybridized carbons (Fsp3) is 0.0714. The van der Waals surface area contributed by atoms with Crippen LogP contribution < -0.4 is 10.1 Å². The van der Waals surface area contributed by atoms with Gasteiger partial charge in [0.25, 0.3) is 5.91 Å². The van der Waals surface area contributed by atoms with Crippen LogP contribution in [0, 0.1) is 5.82 Å². The first-order valence-corrected chi connectivity index (χ1v) is 5.84. The highest BCUT2D eigenvalue weighted by Gasteiger charge is 2.33. The van der Waals surface area contributed by atoms with Crippen LogP contribution in [0.5, 0.6) is 11.5 Å². The van der Waals surface area contributed by atoms with Crippen LogP contribution in [0.1, 0.15) is 15.9 Å². The fourth-order valence-corrected chi connectivity index (χ4v) is 1.97. The van der Waals surface area contributed by atoms with Crippen LogP contribution in [0.15, 0.2) is 36.4 Å². The van der Waals surface area contributed by atoms with E-state index in [1.807, 2.05) is 0 Å². The molecule has 2 aromatic carbocycles. The van der Waals surface area contributed by atoms with Gasteiger partial charge < -0.3 is 10.1 Å². The zero-order chi connectivity index (χ0) is 15.2. The van der Waals surface area contributed by atoms with Crippen molar-refractivity contribution in [3.05, 3.63) is 53.3 Å². The lowest BCUT2D eigenvalue weighted by Crippen LogP contribution is -2.13. The van der Waals surface area contributed by atoms with E-state index in [9.17, 15) is 22.4 Å². The van der Waals surface area contributed by atoms with Crippen molar-refractivity contribution in [2.75, 3.05) is 5.32 Å². The number of hydrogen-bond donors (Lipinski definition) is 1. The molecule has 1 heterocycles. The van der Waals surface area contributed by atoms with Gasteiger partial charge in [0.15, 0.2) is 5.75 Å². The van der Waals surface area contributed by atoms with Crippen molar-refractivity contribution in [2.45, 2.75) is 6.18 Å². The van der Waals surface area contributed by atoms with Crippen molar-refractivity contribution in [3.8, 4) is 11.5 Å². The number of anilines is 1. The minimum absolute atomic E-state index is 0.0224. The average molecular weight is 297 g/mol. The summed E-state index contributed by atoms with van der Waals surface area (Å²) in [5.74, 6) is -1.26. The highest BCUT2D eigenvalue weighted by atomic mass is 19.4. The number of benzene rings is 2. The Hall–Kier alpha value is -2.57. The van der Waals surface area contributed by atoms with Crippen LogP contribution in [0.25, 0.3) is 0 Å². The third-order valence-electron chi connectivity index (χ3n) is 2.96. The highest BCUT2D eigenvalue weighted by molar-refractivity contribution is 6.08. The maximum absolute atomic E-state index is 13.1. The molecule has 0 bridgehead atoms. The summed E-state index contributed by atoms with van der Waals surface area (Å²) in [5, 5.41) is 2.33. The van der Waals surface area contributed by atoms with E-state index < -0.39 is 23.5 Å². The largest absolute Gasteiger partial charge is 0.454 e. The minimum atomic E-state index is -4.57. The van der Waals surface area contributed by atoms with Crippen LogP contribution in [-0.4, -0.2) is 5.91 Å². The van der Waals surface area contributed by atoms with Gasteiger partial charge >= 0.3 is 6.18 Å². The molecule has 7 heteroatoms. The van der Waals surface area contributed by atoms with Crippen LogP contribution in [-0.2, 0) is 6.18 Å². The second kappa shape index (κ2) is 4.47. The first-order valence-electron chi connectivity index (χ1n) is 5.84. The van der Waals surface area contributed by atoms with E-state index >= 15 is 0 Å². The number of fused-ring (bicyclic) bond motifs is 2. The zero-order valence-corrected chi connectivity index (χ0v) is 10.3. The molecule has 0 aromatic heterocycles. The number of rotatable bonds is 0. The summed E-state index contributed by atoms with van der Waals surface area (Å²) in [6.07, 6.45) is -4.57. The van der Waals surface area contributed by atoms with Crippen molar-refractivity contribution in [1.29, 1.82) is 0 Å². The summed E-state index contributed by atoms with van der Waals surface area (Å²) in [6.45, 7) is 0. The van der Waals surface area contributed by atoms with Crippen molar-refractivity contribution in [3.63, 3.8) is 0 Å². The fourth-order valence-electron chi connectivity index (χ4n) is 1.97. The Morgan fingerprint density at radius 1 is 1.00 bits per heavy atom. The summed E-state index contributed by atoms with van der Waals surface area (Å²) in [4.78, 5) is 12.0. The molecule has 1 aliphatic rings.